The van der Waals surface area contributed by atoms with E-state index in [0.717, 1.165) is 11.3 Å². The lowest BCUT2D eigenvalue weighted by Crippen LogP contribution is -2.09. The minimum absolute atomic E-state index is 0.319. The fraction of sp³-hybridized carbons (Fsp3) is 0.250. The van der Waals surface area contributed by atoms with Crippen molar-refractivity contribution >= 4 is 29.1 Å². The number of halogens is 1. The number of nitrogens with zero attached hydrogens (tertiary/aromatic N) is 2. The topological polar surface area (TPSA) is 63.1 Å². The zero-order chi connectivity index (χ0) is 8.27. The highest BCUT2D eigenvalue weighted by atomic mass is 32.2. The molecule has 0 aliphatic rings. The van der Waals surface area contributed by atoms with Gasteiger partial charge in [-0.25, -0.2) is 9.18 Å². The highest BCUT2D eigenvalue weighted by molar-refractivity contribution is 8.02. The van der Waals surface area contributed by atoms with Gasteiger partial charge in [0, 0.05) is 0 Å². The molecule has 1 unspecified atom stereocenters. The molecule has 1 N–H and O–H groups in total. The fourth-order valence-electron chi connectivity index (χ4n) is 0.353. The van der Waals surface area contributed by atoms with Gasteiger partial charge in [0.2, 0.25) is 5.50 Å². The van der Waals surface area contributed by atoms with E-state index >= 15 is 0 Å². The Morgan fingerprint density at radius 2 is 2.64 bits per heavy atom. The second kappa shape index (κ2) is 3.63. The van der Waals surface area contributed by atoms with Crippen molar-refractivity contribution in [1.29, 1.82) is 0 Å². The van der Waals surface area contributed by atoms with Gasteiger partial charge in [0.1, 0.15) is 5.51 Å². The second-order valence-corrected chi connectivity index (χ2v) is 3.60. The van der Waals surface area contributed by atoms with Gasteiger partial charge in [-0.1, -0.05) is 11.3 Å². The third-order valence-electron chi connectivity index (χ3n) is 0.738. The first kappa shape index (κ1) is 8.41. The number of carboxylic acids is 1. The summed E-state index contributed by atoms with van der Waals surface area (Å²) in [6.45, 7) is 0. The van der Waals surface area contributed by atoms with Crippen LogP contribution >= 0.6 is 23.1 Å². The Morgan fingerprint density at radius 1 is 1.91 bits per heavy atom. The molecule has 7 heteroatoms. The van der Waals surface area contributed by atoms with Crippen molar-refractivity contribution in [3.8, 4) is 0 Å². The quantitative estimate of drug-likeness (QED) is 0.727. The summed E-state index contributed by atoms with van der Waals surface area (Å²) in [6.07, 6.45) is 0. The number of aromatic nitrogens is 2. The van der Waals surface area contributed by atoms with Gasteiger partial charge >= 0.3 is 5.97 Å². The van der Waals surface area contributed by atoms with Crippen LogP contribution in [-0.4, -0.2) is 26.8 Å². The van der Waals surface area contributed by atoms with Crippen molar-refractivity contribution in [3.63, 3.8) is 0 Å². The van der Waals surface area contributed by atoms with E-state index in [2.05, 4.69) is 10.2 Å². The number of carboxylic acid groups (broad SMARTS) is 1. The molecular formula is C4H3FN2O2S2. The molecule has 0 radical (unpaired) electrons. The van der Waals surface area contributed by atoms with Crippen LogP contribution in [0.2, 0.25) is 0 Å². The van der Waals surface area contributed by atoms with E-state index in [9.17, 15) is 9.18 Å². The number of alkyl halides is 1. The van der Waals surface area contributed by atoms with E-state index in [0.29, 0.717) is 16.1 Å². The Morgan fingerprint density at radius 3 is 3.09 bits per heavy atom. The van der Waals surface area contributed by atoms with Crippen molar-refractivity contribution in [2.45, 2.75) is 9.84 Å². The second-order valence-electron chi connectivity index (χ2n) is 1.48. The number of hydrogen-bond donors (Lipinski definition) is 1. The summed E-state index contributed by atoms with van der Waals surface area (Å²) in [6, 6.07) is 0. The van der Waals surface area contributed by atoms with Gasteiger partial charge in [0.05, 0.1) is 0 Å². The maximum atomic E-state index is 12.4. The average molecular weight is 194 g/mol. The third-order valence-corrected chi connectivity index (χ3v) is 2.49. The van der Waals surface area contributed by atoms with Gasteiger partial charge in [0.15, 0.2) is 4.34 Å². The molecule has 1 aromatic rings. The molecular weight excluding hydrogens is 191 g/mol. The summed E-state index contributed by atoms with van der Waals surface area (Å²) in [5.41, 5.74) is -0.542. The molecule has 0 bridgehead atoms. The molecule has 0 saturated carbocycles. The van der Waals surface area contributed by atoms with Crippen LogP contribution in [0.5, 0.6) is 0 Å². The lowest BCUT2D eigenvalue weighted by Gasteiger charge is -1.95. The van der Waals surface area contributed by atoms with E-state index in [1.54, 1.807) is 0 Å². The maximum absolute atomic E-state index is 12.4. The minimum atomic E-state index is -1.96. The first-order valence-electron chi connectivity index (χ1n) is 2.50. The summed E-state index contributed by atoms with van der Waals surface area (Å²) in [5.74, 6) is -1.50. The lowest BCUT2D eigenvalue weighted by molar-refractivity contribution is -0.139. The summed E-state index contributed by atoms with van der Waals surface area (Å²) in [5, 5.41) is 15.0. The normalized spacial score (nSPS) is 12.8. The average Bonchev–Trinajstić information content (AvgIpc) is 2.39. The van der Waals surface area contributed by atoms with E-state index in [1.807, 2.05) is 0 Å². The molecule has 1 atom stereocenters. The van der Waals surface area contributed by atoms with E-state index in [-0.39, 0.29) is 0 Å². The van der Waals surface area contributed by atoms with Crippen molar-refractivity contribution in [3.05, 3.63) is 5.51 Å². The highest BCUT2D eigenvalue weighted by Gasteiger charge is 2.18. The maximum Gasteiger partial charge on any atom is 0.349 e. The SMILES string of the molecule is O=C(O)C(F)Sc1nncs1. The van der Waals surface area contributed by atoms with Crippen LogP contribution in [0, 0.1) is 0 Å². The van der Waals surface area contributed by atoms with Crippen molar-refractivity contribution < 1.29 is 14.3 Å². The molecule has 60 valence electrons. The number of rotatable bonds is 3. The van der Waals surface area contributed by atoms with E-state index < -0.39 is 11.5 Å². The first-order valence-corrected chi connectivity index (χ1v) is 4.26. The summed E-state index contributed by atoms with van der Waals surface area (Å²) in [7, 11) is 0. The smallest absolute Gasteiger partial charge is 0.349 e. The van der Waals surface area contributed by atoms with Crippen LogP contribution < -0.4 is 0 Å². The van der Waals surface area contributed by atoms with Crippen LogP contribution in [-0.2, 0) is 4.79 Å². The number of hydrogen-bond acceptors (Lipinski definition) is 5. The van der Waals surface area contributed by atoms with Gasteiger partial charge in [0.25, 0.3) is 0 Å². The zero-order valence-electron chi connectivity index (χ0n) is 5.10. The van der Waals surface area contributed by atoms with Crippen molar-refractivity contribution in [1.82, 2.24) is 10.2 Å². The Kier molecular flexibility index (Phi) is 2.77. The fourth-order valence-corrected chi connectivity index (χ4v) is 1.61. The third kappa shape index (κ3) is 2.43. The van der Waals surface area contributed by atoms with Crippen LogP contribution in [0.15, 0.2) is 9.85 Å². The molecule has 0 fully saturated rings. The standard InChI is InChI=1S/C4H3FN2O2S2/c5-2(3(8)9)11-4-7-6-1-10-4/h1-2H,(H,8,9). The van der Waals surface area contributed by atoms with Gasteiger partial charge in [-0.05, 0) is 11.8 Å². The van der Waals surface area contributed by atoms with E-state index in [1.165, 1.54) is 5.51 Å². The largest absolute Gasteiger partial charge is 0.478 e. The minimum Gasteiger partial charge on any atom is -0.478 e. The van der Waals surface area contributed by atoms with Crippen LogP contribution in [0.1, 0.15) is 0 Å². The Hall–Kier alpha value is -0.690. The molecule has 4 nitrogen and oxygen atoms in total. The number of thioether (sulfide) groups is 1. The summed E-state index contributed by atoms with van der Waals surface area (Å²) >= 11 is 1.64. The predicted octanol–water partition coefficient (Wildman–Crippen LogP) is 1.01. The molecule has 0 saturated heterocycles. The molecule has 0 aliphatic heterocycles. The number of aliphatic carboxylic acids is 1. The van der Waals surface area contributed by atoms with Gasteiger partial charge in [-0.3, -0.25) is 0 Å². The molecule has 0 amide bonds. The monoisotopic (exact) mass is 194 g/mol. The Labute approximate surface area is 69.5 Å². The summed E-state index contributed by atoms with van der Waals surface area (Å²) in [4.78, 5) is 9.99. The molecule has 1 heterocycles. The van der Waals surface area contributed by atoms with Crippen LogP contribution in [0.4, 0.5) is 4.39 Å². The Bertz CT molecular complexity index is 240. The van der Waals surface area contributed by atoms with Gasteiger partial charge < -0.3 is 5.11 Å². The van der Waals surface area contributed by atoms with E-state index in [4.69, 9.17) is 5.11 Å². The molecule has 1 rings (SSSR count). The lowest BCUT2D eigenvalue weighted by atomic mass is 10.8. The number of carbonyl (C=O) groups is 1. The Balaban J connectivity index is 2.50. The van der Waals surface area contributed by atoms with Crippen LogP contribution in [0.25, 0.3) is 0 Å². The zero-order valence-corrected chi connectivity index (χ0v) is 6.73. The van der Waals surface area contributed by atoms with Crippen molar-refractivity contribution in [2.75, 3.05) is 0 Å². The molecule has 0 spiro atoms. The molecule has 11 heavy (non-hydrogen) atoms. The molecule has 1 aromatic heterocycles. The first-order chi connectivity index (χ1) is 5.20. The van der Waals surface area contributed by atoms with Crippen LogP contribution in [0.3, 0.4) is 0 Å². The van der Waals surface area contributed by atoms with Gasteiger partial charge in [-0.2, -0.15) is 0 Å². The van der Waals surface area contributed by atoms with Crippen molar-refractivity contribution in [2.24, 2.45) is 0 Å². The van der Waals surface area contributed by atoms with Gasteiger partial charge in [-0.15, -0.1) is 10.2 Å². The highest BCUT2D eigenvalue weighted by Crippen LogP contribution is 2.24. The molecule has 0 aromatic carbocycles. The molecule has 0 aliphatic carbocycles. The predicted molar refractivity (Wildman–Crippen MR) is 38.3 cm³/mol. The summed E-state index contributed by atoms with van der Waals surface area (Å²) < 4.78 is 12.7.